The molecule has 6 nitrogen and oxygen atoms in total. The predicted octanol–water partition coefficient (Wildman–Crippen LogP) is 2.60. The largest absolute Gasteiger partial charge is 0.489 e. The van der Waals surface area contributed by atoms with E-state index >= 15 is 0 Å². The second-order valence-electron chi connectivity index (χ2n) is 6.08. The van der Waals surface area contributed by atoms with E-state index in [4.69, 9.17) is 9.84 Å². The van der Waals surface area contributed by atoms with Gasteiger partial charge < -0.3 is 14.7 Å². The number of piperidine rings is 1. The number of hydrogen-bond donors (Lipinski definition) is 1. The number of ether oxygens (including phenoxy) is 1. The summed E-state index contributed by atoms with van der Waals surface area (Å²) in [5.74, 6) is -0.595. The van der Waals surface area contributed by atoms with Gasteiger partial charge in [0.1, 0.15) is 12.4 Å². The van der Waals surface area contributed by atoms with Crippen LogP contribution >= 0.6 is 0 Å². The molecule has 2 heterocycles. The fourth-order valence-electron chi connectivity index (χ4n) is 2.88. The Labute approximate surface area is 146 Å². The Bertz CT molecular complexity index is 740. The summed E-state index contributed by atoms with van der Waals surface area (Å²) >= 11 is 0. The SMILES string of the molecule is O=C(O)C1CCN(C(=O)c2cccc(OCc3cccnc3)c2)CC1. The third kappa shape index (κ3) is 4.35. The average Bonchev–Trinajstić information content (AvgIpc) is 2.67. The molecule has 1 aliphatic heterocycles. The average molecular weight is 340 g/mol. The number of carboxylic acids is 1. The van der Waals surface area contributed by atoms with Gasteiger partial charge in [0.25, 0.3) is 5.91 Å². The molecule has 0 saturated carbocycles. The third-order valence-corrected chi connectivity index (χ3v) is 4.34. The maximum atomic E-state index is 12.6. The van der Waals surface area contributed by atoms with Crippen molar-refractivity contribution in [3.8, 4) is 5.75 Å². The van der Waals surface area contributed by atoms with Gasteiger partial charge in [-0.2, -0.15) is 0 Å². The van der Waals surface area contributed by atoms with E-state index in [9.17, 15) is 9.59 Å². The van der Waals surface area contributed by atoms with E-state index in [-0.39, 0.29) is 11.8 Å². The summed E-state index contributed by atoms with van der Waals surface area (Å²) in [5.41, 5.74) is 1.51. The number of benzene rings is 1. The van der Waals surface area contributed by atoms with Crippen LogP contribution in [0.2, 0.25) is 0 Å². The van der Waals surface area contributed by atoms with Crippen molar-refractivity contribution < 1.29 is 19.4 Å². The second-order valence-corrected chi connectivity index (χ2v) is 6.08. The molecule has 6 heteroatoms. The first-order chi connectivity index (χ1) is 12.1. The number of hydrogen-bond acceptors (Lipinski definition) is 4. The molecule has 1 saturated heterocycles. The van der Waals surface area contributed by atoms with Gasteiger partial charge in [0.15, 0.2) is 0 Å². The number of carboxylic acid groups (broad SMARTS) is 1. The molecule has 0 aliphatic carbocycles. The first-order valence-corrected chi connectivity index (χ1v) is 8.27. The Morgan fingerprint density at radius 1 is 1.20 bits per heavy atom. The van der Waals surface area contributed by atoms with Gasteiger partial charge in [0, 0.05) is 36.6 Å². The number of rotatable bonds is 5. The topological polar surface area (TPSA) is 79.7 Å². The maximum Gasteiger partial charge on any atom is 0.306 e. The fourth-order valence-corrected chi connectivity index (χ4v) is 2.88. The zero-order valence-electron chi connectivity index (χ0n) is 13.8. The number of carbonyl (C=O) groups is 2. The molecule has 0 bridgehead atoms. The molecular weight excluding hydrogens is 320 g/mol. The number of aliphatic carboxylic acids is 1. The number of amides is 1. The van der Waals surface area contributed by atoms with Gasteiger partial charge in [0.05, 0.1) is 5.92 Å². The van der Waals surface area contributed by atoms with Crippen molar-refractivity contribution in [1.82, 2.24) is 9.88 Å². The summed E-state index contributed by atoms with van der Waals surface area (Å²) in [7, 11) is 0. The van der Waals surface area contributed by atoms with Crippen LogP contribution in [0, 0.1) is 5.92 Å². The Hall–Kier alpha value is -2.89. The first kappa shape index (κ1) is 17.0. The van der Waals surface area contributed by atoms with E-state index in [0.29, 0.717) is 43.9 Å². The number of nitrogens with zero attached hydrogens (tertiary/aromatic N) is 2. The van der Waals surface area contributed by atoms with E-state index in [0.717, 1.165) is 5.56 Å². The summed E-state index contributed by atoms with van der Waals surface area (Å²) in [6.45, 7) is 1.32. The third-order valence-electron chi connectivity index (χ3n) is 4.34. The van der Waals surface area contributed by atoms with Crippen molar-refractivity contribution in [2.75, 3.05) is 13.1 Å². The lowest BCUT2D eigenvalue weighted by atomic mass is 9.96. The second kappa shape index (κ2) is 7.79. The molecular formula is C19H20N2O4. The highest BCUT2D eigenvalue weighted by molar-refractivity contribution is 5.94. The van der Waals surface area contributed by atoms with E-state index in [1.807, 2.05) is 18.2 Å². The van der Waals surface area contributed by atoms with Crippen LogP contribution in [-0.4, -0.2) is 40.0 Å². The molecule has 0 radical (unpaired) electrons. The van der Waals surface area contributed by atoms with Gasteiger partial charge in [-0.3, -0.25) is 14.6 Å². The normalized spacial score (nSPS) is 15.0. The summed E-state index contributed by atoms with van der Waals surface area (Å²) in [6, 6.07) is 10.8. The number of pyridine rings is 1. The number of aromatic nitrogens is 1. The van der Waals surface area contributed by atoms with Crippen LogP contribution < -0.4 is 4.74 Å². The van der Waals surface area contributed by atoms with Crippen molar-refractivity contribution >= 4 is 11.9 Å². The molecule has 25 heavy (non-hydrogen) atoms. The quantitative estimate of drug-likeness (QED) is 0.905. The summed E-state index contributed by atoms with van der Waals surface area (Å²) in [4.78, 5) is 29.4. The van der Waals surface area contributed by atoms with Gasteiger partial charge in [-0.1, -0.05) is 12.1 Å². The minimum absolute atomic E-state index is 0.0873. The molecule has 1 fully saturated rings. The van der Waals surface area contributed by atoms with Gasteiger partial charge in [-0.05, 0) is 37.1 Å². The molecule has 0 unspecified atom stereocenters. The Balaban J connectivity index is 1.61. The summed E-state index contributed by atoms with van der Waals surface area (Å²) < 4.78 is 5.73. The lowest BCUT2D eigenvalue weighted by molar-refractivity contribution is -0.143. The molecule has 2 aromatic rings. The van der Waals surface area contributed by atoms with Crippen LogP contribution in [-0.2, 0) is 11.4 Å². The fraction of sp³-hybridized carbons (Fsp3) is 0.316. The van der Waals surface area contributed by atoms with Crippen molar-refractivity contribution in [2.45, 2.75) is 19.4 Å². The Morgan fingerprint density at radius 3 is 2.68 bits per heavy atom. The van der Waals surface area contributed by atoms with Crippen LogP contribution in [0.15, 0.2) is 48.8 Å². The molecule has 1 N–H and O–H groups in total. The first-order valence-electron chi connectivity index (χ1n) is 8.27. The maximum absolute atomic E-state index is 12.6. The van der Waals surface area contributed by atoms with Crippen molar-refractivity contribution in [2.24, 2.45) is 5.92 Å². The minimum Gasteiger partial charge on any atom is -0.489 e. The van der Waals surface area contributed by atoms with Gasteiger partial charge in [-0.25, -0.2) is 0 Å². The molecule has 1 aliphatic rings. The molecule has 1 amide bonds. The molecule has 1 aromatic heterocycles. The zero-order chi connectivity index (χ0) is 17.6. The van der Waals surface area contributed by atoms with Gasteiger partial charge in [0.2, 0.25) is 0 Å². The number of likely N-dealkylation sites (tertiary alicyclic amines) is 1. The van der Waals surface area contributed by atoms with Crippen LogP contribution in [0.5, 0.6) is 5.75 Å². The smallest absolute Gasteiger partial charge is 0.306 e. The molecule has 130 valence electrons. The summed E-state index contributed by atoms with van der Waals surface area (Å²) in [6.07, 6.45) is 4.44. The standard InChI is InChI=1S/C19H20N2O4/c22-18(21-9-6-15(7-10-21)19(23)24)16-4-1-5-17(11-16)25-13-14-3-2-8-20-12-14/h1-5,8,11-12,15H,6-7,9-10,13H2,(H,23,24). The Morgan fingerprint density at radius 2 is 2.00 bits per heavy atom. The van der Waals surface area contributed by atoms with Crippen LogP contribution in [0.4, 0.5) is 0 Å². The highest BCUT2D eigenvalue weighted by Gasteiger charge is 2.27. The monoisotopic (exact) mass is 340 g/mol. The van der Waals surface area contributed by atoms with Crippen LogP contribution in [0.25, 0.3) is 0 Å². The van der Waals surface area contributed by atoms with Crippen molar-refractivity contribution in [3.05, 3.63) is 59.9 Å². The van der Waals surface area contributed by atoms with Crippen molar-refractivity contribution in [1.29, 1.82) is 0 Å². The Kier molecular flexibility index (Phi) is 5.28. The van der Waals surface area contributed by atoms with E-state index in [1.54, 1.807) is 35.5 Å². The van der Waals surface area contributed by atoms with Crippen molar-refractivity contribution in [3.63, 3.8) is 0 Å². The van der Waals surface area contributed by atoms with E-state index in [2.05, 4.69) is 4.98 Å². The van der Waals surface area contributed by atoms with E-state index in [1.165, 1.54) is 0 Å². The summed E-state index contributed by atoms with van der Waals surface area (Å²) in [5, 5.41) is 9.05. The lowest BCUT2D eigenvalue weighted by Gasteiger charge is -2.30. The van der Waals surface area contributed by atoms with Gasteiger partial charge >= 0.3 is 5.97 Å². The minimum atomic E-state index is -0.780. The zero-order valence-corrected chi connectivity index (χ0v) is 13.8. The molecule has 3 rings (SSSR count). The lowest BCUT2D eigenvalue weighted by Crippen LogP contribution is -2.40. The van der Waals surface area contributed by atoms with Crippen LogP contribution in [0.1, 0.15) is 28.8 Å². The van der Waals surface area contributed by atoms with E-state index < -0.39 is 5.97 Å². The predicted molar refractivity (Wildman–Crippen MR) is 91.3 cm³/mol. The molecule has 1 aromatic carbocycles. The highest BCUT2D eigenvalue weighted by atomic mass is 16.5. The molecule has 0 atom stereocenters. The molecule has 0 spiro atoms. The number of carbonyl (C=O) groups excluding carboxylic acids is 1. The van der Waals surface area contributed by atoms with Crippen LogP contribution in [0.3, 0.4) is 0 Å². The highest BCUT2D eigenvalue weighted by Crippen LogP contribution is 2.21. The van der Waals surface area contributed by atoms with Gasteiger partial charge in [-0.15, -0.1) is 0 Å².